The molecule has 1 fully saturated rings. The van der Waals surface area contributed by atoms with Gasteiger partial charge in [0.2, 0.25) is 11.8 Å². The number of amides is 3. The Kier molecular flexibility index (Phi) is 9.51. The summed E-state index contributed by atoms with van der Waals surface area (Å²) in [4.78, 5) is 45.0. The van der Waals surface area contributed by atoms with Crippen LogP contribution in [0.15, 0.2) is 42.5 Å². The number of hydrogen-bond acceptors (Lipinski definition) is 5. The molecule has 0 aromatic heterocycles. The molecule has 3 amide bonds. The van der Waals surface area contributed by atoms with Crippen molar-refractivity contribution in [1.82, 2.24) is 15.7 Å². The number of hydroxylamine groups is 1. The molecule has 0 saturated carbocycles. The molecule has 188 valence electrons. The topological polar surface area (TPSA) is 114 Å². The summed E-state index contributed by atoms with van der Waals surface area (Å²) >= 11 is 12.3. The number of rotatable bonds is 9. The molecular formula is C25H30Cl2N4O4. The Morgan fingerprint density at radius 3 is 2.40 bits per heavy atom. The summed E-state index contributed by atoms with van der Waals surface area (Å²) in [6.45, 7) is 2.80. The number of carbonyl (C=O) groups is 3. The van der Waals surface area contributed by atoms with Crippen molar-refractivity contribution in [2.24, 2.45) is 11.1 Å². The van der Waals surface area contributed by atoms with Crippen LogP contribution in [0.2, 0.25) is 10.0 Å². The summed E-state index contributed by atoms with van der Waals surface area (Å²) in [5.41, 5.74) is 9.25. The van der Waals surface area contributed by atoms with Crippen LogP contribution in [0.5, 0.6) is 0 Å². The van der Waals surface area contributed by atoms with Crippen LogP contribution in [-0.2, 0) is 27.4 Å². The predicted octanol–water partition coefficient (Wildman–Crippen LogP) is 3.10. The summed E-state index contributed by atoms with van der Waals surface area (Å²) in [7, 11) is 0. The lowest BCUT2D eigenvalue weighted by Gasteiger charge is -2.40. The largest absolute Gasteiger partial charge is 0.351 e. The Hall–Kier alpha value is -2.65. The highest BCUT2D eigenvalue weighted by Gasteiger charge is 2.43. The van der Waals surface area contributed by atoms with Gasteiger partial charge in [-0.25, -0.2) is 5.48 Å². The van der Waals surface area contributed by atoms with Gasteiger partial charge < -0.3 is 16.0 Å². The van der Waals surface area contributed by atoms with Crippen molar-refractivity contribution in [2.45, 2.75) is 32.7 Å². The van der Waals surface area contributed by atoms with E-state index in [4.69, 9.17) is 33.8 Å². The van der Waals surface area contributed by atoms with Crippen LogP contribution in [-0.4, -0.2) is 48.9 Å². The first-order chi connectivity index (χ1) is 16.8. The Balaban J connectivity index is 1.66. The normalized spacial score (nSPS) is 14.9. The summed E-state index contributed by atoms with van der Waals surface area (Å²) in [5.74, 6) is -0.825. The second kappa shape index (κ2) is 12.4. The minimum Gasteiger partial charge on any atom is -0.351 e. The fourth-order valence-electron chi connectivity index (χ4n) is 3.99. The molecule has 1 aliphatic rings. The van der Waals surface area contributed by atoms with E-state index in [9.17, 15) is 14.4 Å². The number of piperidine rings is 1. The van der Waals surface area contributed by atoms with E-state index in [2.05, 4.69) is 10.8 Å². The zero-order valence-electron chi connectivity index (χ0n) is 19.6. The number of aryl methyl sites for hydroxylation is 1. The Morgan fingerprint density at radius 1 is 1.09 bits per heavy atom. The fourth-order valence-corrected chi connectivity index (χ4v) is 4.38. The molecule has 2 aromatic rings. The van der Waals surface area contributed by atoms with Crippen molar-refractivity contribution >= 4 is 40.9 Å². The average molecular weight is 521 g/mol. The number of carbonyl (C=O) groups excluding carboxylic acids is 3. The molecule has 8 nitrogen and oxygen atoms in total. The maximum Gasteiger partial charge on any atom is 0.274 e. The first-order valence-electron chi connectivity index (χ1n) is 11.5. The molecule has 1 heterocycles. The molecule has 1 aliphatic heterocycles. The number of hydrogen-bond donors (Lipinski definition) is 3. The van der Waals surface area contributed by atoms with E-state index in [0.29, 0.717) is 47.1 Å². The lowest BCUT2D eigenvalue weighted by molar-refractivity contribution is -0.145. The van der Waals surface area contributed by atoms with Gasteiger partial charge in [0.05, 0.1) is 28.6 Å². The number of nitrogens with two attached hydrogens (primary N) is 1. The van der Waals surface area contributed by atoms with E-state index >= 15 is 0 Å². The van der Waals surface area contributed by atoms with Gasteiger partial charge in [-0.3, -0.25) is 19.2 Å². The monoisotopic (exact) mass is 520 g/mol. The van der Waals surface area contributed by atoms with E-state index in [0.717, 1.165) is 12.0 Å². The van der Waals surface area contributed by atoms with Gasteiger partial charge in [-0.15, -0.1) is 0 Å². The third-order valence-corrected chi connectivity index (χ3v) is 7.20. The van der Waals surface area contributed by atoms with Crippen molar-refractivity contribution in [3.05, 3.63) is 69.2 Å². The molecular weight excluding hydrogens is 491 g/mol. The molecule has 3 rings (SSSR count). The molecule has 10 heteroatoms. The lowest BCUT2D eigenvalue weighted by Crippen LogP contribution is -2.53. The van der Waals surface area contributed by atoms with Crippen LogP contribution in [0.1, 0.15) is 41.3 Å². The van der Waals surface area contributed by atoms with Crippen LogP contribution in [0, 0.1) is 5.41 Å². The quantitative estimate of drug-likeness (QED) is 0.439. The second-order valence-corrected chi connectivity index (χ2v) is 9.32. The Bertz CT molecular complexity index is 1050. The standard InChI is InChI=1S/C25H30Cl2N4O4/c1-2-17-6-8-18(9-7-17)23(33)30-35-16-25(10-12-31(13-11-25)21(32)14-28)24(34)29-15-19-4-3-5-20(26)22(19)27/h3-9H,2,10-16,28H2,1H3,(H,29,34)(H,30,33). The average Bonchev–Trinajstić information content (AvgIpc) is 2.89. The summed E-state index contributed by atoms with van der Waals surface area (Å²) in [6, 6.07) is 12.4. The number of nitrogens with zero attached hydrogens (tertiary/aromatic N) is 1. The van der Waals surface area contributed by atoms with E-state index in [1.807, 2.05) is 19.1 Å². The smallest absolute Gasteiger partial charge is 0.274 e. The lowest BCUT2D eigenvalue weighted by atomic mass is 9.78. The zero-order valence-corrected chi connectivity index (χ0v) is 21.1. The number of likely N-dealkylation sites (tertiary alicyclic amines) is 1. The third-order valence-electron chi connectivity index (χ3n) is 6.34. The van der Waals surface area contributed by atoms with Crippen LogP contribution >= 0.6 is 23.2 Å². The van der Waals surface area contributed by atoms with Gasteiger partial charge in [-0.05, 0) is 48.6 Å². The van der Waals surface area contributed by atoms with Gasteiger partial charge in [-0.2, -0.15) is 0 Å². The first-order valence-corrected chi connectivity index (χ1v) is 12.3. The summed E-state index contributed by atoms with van der Waals surface area (Å²) < 4.78 is 0. The van der Waals surface area contributed by atoms with Crippen LogP contribution in [0.3, 0.4) is 0 Å². The molecule has 0 atom stereocenters. The minimum absolute atomic E-state index is 0.0500. The molecule has 35 heavy (non-hydrogen) atoms. The third kappa shape index (κ3) is 6.73. The molecule has 0 radical (unpaired) electrons. The van der Waals surface area contributed by atoms with Crippen molar-refractivity contribution in [3.8, 4) is 0 Å². The van der Waals surface area contributed by atoms with Gasteiger partial charge in [-0.1, -0.05) is 54.4 Å². The van der Waals surface area contributed by atoms with Crippen molar-refractivity contribution in [3.63, 3.8) is 0 Å². The van der Waals surface area contributed by atoms with Crippen molar-refractivity contribution < 1.29 is 19.2 Å². The van der Waals surface area contributed by atoms with E-state index in [1.54, 1.807) is 35.2 Å². The maximum atomic E-state index is 13.3. The number of halogens is 2. The van der Waals surface area contributed by atoms with Gasteiger partial charge in [0.15, 0.2) is 0 Å². The maximum absolute atomic E-state index is 13.3. The highest BCUT2D eigenvalue weighted by molar-refractivity contribution is 6.42. The van der Waals surface area contributed by atoms with Gasteiger partial charge in [0.1, 0.15) is 0 Å². The highest BCUT2D eigenvalue weighted by Crippen LogP contribution is 2.33. The van der Waals surface area contributed by atoms with E-state index in [-0.39, 0.29) is 31.5 Å². The molecule has 0 aliphatic carbocycles. The number of nitrogens with one attached hydrogen (secondary N) is 2. The minimum atomic E-state index is -0.949. The van der Waals surface area contributed by atoms with Gasteiger partial charge in [0, 0.05) is 25.2 Å². The summed E-state index contributed by atoms with van der Waals surface area (Å²) in [5, 5.41) is 3.70. The zero-order chi connectivity index (χ0) is 25.4. The number of benzene rings is 2. The van der Waals surface area contributed by atoms with Gasteiger partial charge >= 0.3 is 0 Å². The van der Waals surface area contributed by atoms with E-state index < -0.39 is 11.3 Å². The second-order valence-electron chi connectivity index (χ2n) is 8.53. The summed E-state index contributed by atoms with van der Waals surface area (Å²) in [6.07, 6.45) is 1.59. The fraction of sp³-hybridized carbons (Fsp3) is 0.400. The van der Waals surface area contributed by atoms with Gasteiger partial charge in [0.25, 0.3) is 5.91 Å². The first kappa shape index (κ1) is 26.9. The highest BCUT2D eigenvalue weighted by atomic mass is 35.5. The van der Waals surface area contributed by atoms with Crippen LogP contribution in [0.25, 0.3) is 0 Å². The molecule has 4 N–H and O–H groups in total. The van der Waals surface area contributed by atoms with Crippen LogP contribution < -0.4 is 16.5 Å². The SMILES string of the molecule is CCc1ccc(C(=O)NOCC2(C(=O)NCc3cccc(Cl)c3Cl)CCN(C(=O)CN)CC2)cc1. The molecule has 2 aromatic carbocycles. The molecule has 0 unspecified atom stereocenters. The molecule has 0 bridgehead atoms. The van der Waals surface area contributed by atoms with E-state index in [1.165, 1.54) is 0 Å². The Morgan fingerprint density at radius 2 is 1.77 bits per heavy atom. The Labute approximate surface area is 215 Å². The molecule has 0 spiro atoms. The van der Waals surface area contributed by atoms with Crippen LogP contribution in [0.4, 0.5) is 0 Å². The van der Waals surface area contributed by atoms with Crippen molar-refractivity contribution in [2.75, 3.05) is 26.2 Å². The predicted molar refractivity (Wildman–Crippen MR) is 135 cm³/mol. The van der Waals surface area contributed by atoms with Crippen molar-refractivity contribution in [1.29, 1.82) is 0 Å². The molecule has 1 saturated heterocycles.